The monoisotopic (exact) mass is 259 g/mol. The van der Waals surface area contributed by atoms with Gasteiger partial charge in [0.15, 0.2) is 0 Å². The molecule has 2 N–H and O–H groups in total. The molecule has 0 aliphatic heterocycles. The fourth-order valence-corrected chi connectivity index (χ4v) is 3.30. The number of hydrogen-bond acceptors (Lipinski definition) is 2. The molecule has 2 fully saturated rings. The highest BCUT2D eigenvalue weighted by molar-refractivity contribution is 5.42. The van der Waals surface area contributed by atoms with Gasteiger partial charge in [-0.15, -0.1) is 0 Å². The number of nitrogens with one attached hydrogen (secondary N) is 1. The average molecular weight is 259 g/mol. The van der Waals surface area contributed by atoms with Crippen LogP contribution in [0.5, 0.6) is 5.75 Å². The smallest absolute Gasteiger partial charge is 0.121 e. The maximum absolute atomic E-state index is 9.79. The lowest BCUT2D eigenvalue weighted by Crippen LogP contribution is -2.25. The predicted octanol–water partition coefficient (Wildman–Crippen LogP) is 3.53. The Hall–Kier alpha value is -1.02. The van der Waals surface area contributed by atoms with Gasteiger partial charge < -0.3 is 10.4 Å². The van der Waals surface area contributed by atoms with Gasteiger partial charge in [-0.3, -0.25) is 0 Å². The maximum Gasteiger partial charge on any atom is 0.121 e. The summed E-state index contributed by atoms with van der Waals surface area (Å²) in [4.78, 5) is 0. The zero-order valence-corrected chi connectivity index (χ0v) is 12.1. The molecule has 0 bridgehead atoms. The van der Waals surface area contributed by atoms with Gasteiger partial charge in [0.25, 0.3) is 0 Å². The van der Waals surface area contributed by atoms with E-state index in [4.69, 9.17) is 0 Å². The molecule has 0 radical (unpaired) electrons. The highest BCUT2D eigenvalue weighted by Gasteiger charge is 2.40. The normalized spacial score (nSPS) is 19.1. The molecule has 1 aromatic carbocycles. The summed E-state index contributed by atoms with van der Waals surface area (Å²) in [5.74, 6) is 3.41. The SMILES string of the molecule is Cc1cc(CNCC(C2CC2)C2CC2)cc(C)c1O. The van der Waals surface area contributed by atoms with Crippen LogP contribution in [0.25, 0.3) is 0 Å². The molecule has 2 nitrogen and oxygen atoms in total. The average Bonchev–Trinajstić information content (AvgIpc) is 3.25. The van der Waals surface area contributed by atoms with Crippen molar-refractivity contribution in [2.24, 2.45) is 17.8 Å². The Balaban J connectivity index is 1.54. The molecule has 2 heteroatoms. The summed E-state index contributed by atoms with van der Waals surface area (Å²) < 4.78 is 0. The molecule has 0 atom stereocenters. The molecule has 0 spiro atoms. The van der Waals surface area contributed by atoms with Crippen molar-refractivity contribution < 1.29 is 5.11 Å². The van der Waals surface area contributed by atoms with E-state index in [-0.39, 0.29) is 0 Å². The summed E-state index contributed by atoms with van der Waals surface area (Å²) in [6, 6.07) is 4.19. The van der Waals surface area contributed by atoms with E-state index in [1.807, 2.05) is 13.8 Å². The standard InChI is InChI=1S/C17H25NO/c1-11-7-13(8-12(2)17(11)19)9-18-10-16(14-3-4-14)15-5-6-15/h7-8,14-16,18-19H,3-6,9-10H2,1-2H3. The third-order valence-corrected chi connectivity index (χ3v) is 4.72. The summed E-state index contributed by atoms with van der Waals surface area (Å²) in [5, 5.41) is 13.4. The van der Waals surface area contributed by atoms with Gasteiger partial charge in [-0.1, -0.05) is 12.1 Å². The summed E-state index contributed by atoms with van der Waals surface area (Å²) in [6.07, 6.45) is 5.83. The molecule has 1 aromatic rings. The Labute approximate surface area is 116 Å². The molecule has 2 aliphatic rings. The second-order valence-corrected chi connectivity index (χ2v) is 6.55. The van der Waals surface area contributed by atoms with Gasteiger partial charge in [-0.2, -0.15) is 0 Å². The number of hydrogen-bond donors (Lipinski definition) is 2. The Morgan fingerprint density at radius 1 is 1.11 bits per heavy atom. The first-order chi connectivity index (χ1) is 9.15. The van der Waals surface area contributed by atoms with Crippen molar-refractivity contribution in [1.82, 2.24) is 5.32 Å². The van der Waals surface area contributed by atoms with Crippen LogP contribution in [0.2, 0.25) is 0 Å². The molecule has 2 aliphatic carbocycles. The van der Waals surface area contributed by atoms with E-state index in [1.54, 1.807) is 0 Å². The highest BCUT2D eigenvalue weighted by atomic mass is 16.3. The molecule has 0 aromatic heterocycles. The Kier molecular flexibility index (Phi) is 3.53. The van der Waals surface area contributed by atoms with E-state index in [1.165, 1.54) is 37.8 Å². The molecule has 0 heterocycles. The maximum atomic E-state index is 9.79. The van der Waals surface area contributed by atoms with Crippen LogP contribution in [0.1, 0.15) is 42.4 Å². The van der Waals surface area contributed by atoms with Crippen LogP contribution in [0.3, 0.4) is 0 Å². The molecule has 2 saturated carbocycles. The van der Waals surface area contributed by atoms with Crippen molar-refractivity contribution in [1.29, 1.82) is 0 Å². The second kappa shape index (κ2) is 5.16. The minimum Gasteiger partial charge on any atom is -0.507 e. The van der Waals surface area contributed by atoms with Crippen LogP contribution >= 0.6 is 0 Å². The number of phenols is 1. The highest BCUT2D eigenvalue weighted by Crippen LogP contribution is 2.48. The van der Waals surface area contributed by atoms with Crippen molar-refractivity contribution in [3.05, 3.63) is 28.8 Å². The Bertz CT molecular complexity index is 425. The zero-order valence-electron chi connectivity index (χ0n) is 12.1. The number of phenolic OH excluding ortho intramolecular Hbond substituents is 1. The van der Waals surface area contributed by atoms with Crippen LogP contribution < -0.4 is 5.32 Å². The molecule has 104 valence electrons. The number of rotatable bonds is 6. The van der Waals surface area contributed by atoms with Gasteiger partial charge >= 0.3 is 0 Å². The molecule has 0 amide bonds. The molecule has 0 saturated heterocycles. The lowest BCUT2D eigenvalue weighted by atomic mass is 9.98. The fraction of sp³-hybridized carbons (Fsp3) is 0.647. The minimum absolute atomic E-state index is 0.442. The van der Waals surface area contributed by atoms with Crippen LogP contribution in [-0.4, -0.2) is 11.7 Å². The summed E-state index contributed by atoms with van der Waals surface area (Å²) in [5.41, 5.74) is 3.26. The quantitative estimate of drug-likeness (QED) is 0.819. The second-order valence-electron chi connectivity index (χ2n) is 6.55. The van der Waals surface area contributed by atoms with Crippen LogP contribution in [0, 0.1) is 31.6 Å². The van der Waals surface area contributed by atoms with Gasteiger partial charge in [0.05, 0.1) is 0 Å². The lowest BCUT2D eigenvalue weighted by molar-refractivity contribution is 0.378. The Morgan fingerprint density at radius 3 is 2.11 bits per heavy atom. The molecule has 0 unspecified atom stereocenters. The largest absolute Gasteiger partial charge is 0.507 e. The van der Waals surface area contributed by atoms with Gasteiger partial charge in [-0.25, -0.2) is 0 Å². The molecule has 3 rings (SSSR count). The van der Waals surface area contributed by atoms with E-state index < -0.39 is 0 Å². The molecular formula is C17H25NO. The van der Waals surface area contributed by atoms with Gasteiger partial charge in [0.1, 0.15) is 5.75 Å². The third-order valence-electron chi connectivity index (χ3n) is 4.72. The Morgan fingerprint density at radius 2 is 1.63 bits per heavy atom. The topological polar surface area (TPSA) is 32.3 Å². The fourth-order valence-electron chi connectivity index (χ4n) is 3.30. The van der Waals surface area contributed by atoms with Gasteiger partial charge in [-0.05, 0) is 80.5 Å². The first kappa shape index (κ1) is 13.0. The third kappa shape index (κ3) is 3.11. The van der Waals surface area contributed by atoms with Crippen molar-refractivity contribution in [3.63, 3.8) is 0 Å². The minimum atomic E-state index is 0.442. The van der Waals surface area contributed by atoms with Crippen molar-refractivity contribution in [2.75, 3.05) is 6.54 Å². The molecule has 19 heavy (non-hydrogen) atoms. The number of benzene rings is 1. The zero-order chi connectivity index (χ0) is 13.4. The van der Waals surface area contributed by atoms with E-state index in [0.29, 0.717) is 5.75 Å². The summed E-state index contributed by atoms with van der Waals surface area (Å²) in [7, 11) is 0. The van der Waals surface area contributed by atoms with Crippen molar-refractivity contribution in [2.45, 2.75) is 46.1 Å². The summed E-state index contributed by atoms with van der Waals surface area (Å²) >= 11 is 0. The van der Waals surface area contributed by atoms with Crippen molar-refractivity contribution in [3.8, 4) is 5.75 Å². The van der Waals surface area contributed by atoms with E-state index in [0.717, 1.165) is 35.4 Å². The van der Waals surface area contributed by atoms with Gasteiger partial charge in [0, 0.05) is 6.54 Å². The van der Waals surface area contributed by atoms with Gasteiger partial charge in [0.2, 0.25) is 0 Å². The van der Waals surface area contributed by atoms with Crippen LogP contribution in [-0.2, 0) is 6.54 Å². The van der Waals surface area contributed by atoms with E-state index >= 15 is 0 Å². The lowest BCUT2D eigenvalue weighted by Gasteiger charge is -2.16. The van der Waals surface area contributed by atoms with E-state index in [2.05, 4.69) is 17.4 Å². The first-order valence-electron chi connectivity index (χ1n) is 7.65. The summed E-state index contributed by atoms with van der Waals surface area (Å²) in [6.45, 7) is 6.05. The predicted molar refractivity (Wildman–Crippen MR) is 78.2 cm³/mol. The van der Waals surface area contributed by atoms with Crippen molar-refractivity contribution >= 4 is 0 Å². The number of aryl methyl sites for hydroxylation is 2. The van der Waals surface area contributed by atoms with E-state index in [9.17, 15) is 5.11 Å². The number of aromatic hydroxyl groups is 1. The first-order valence-corrected chi connectivity index (χ1v) is 7.65. The molecular weight excluding hydrogens is 234 g/mol. The van der Waals surface area contributed by atoms with Crippen LogP contribution in [0.4, 0.5) is 0 Å². The van der Waals surface area contributed by atoms with Crippen LogP contribution in [0.15, 0.2) is 12.1 Å².